The molecule has 0 fully saturated rings. The van der Waals surface area contributed by atoms with Gasteiger partial charge < -0.3 is 14.5 Å². The van der Waals surface area contributed by atoms with E-state index in [1.165, 1.54) is 5.39 Å². The van der Waals surface area contributed by atoms with Crippen molar-refractivity contribution in [3.8, 4) is 11.5 Å². The molecule has 0 saturated heterocycles. The molecule has 3 aromatic rings. The van der Waals surface area contributed by atoms with Crippen molar-refractivity contribution in [2.75, 3.05) is 14.2 Å². The average Bonchev–Trinajstić information content (AvgIpc) is 2.95. The van der Waals surface area contributed by atoms with E-state index in [0.29, 0.717) is 0 Å². The molecule has 0 radical (unpaired) electrons. The minimum absolute atomic E-state index is 0.857. The van der Waals surface area contributed by atoms with Crippen LogP contribution in [0.15, 0.2) is 48.5 Å². The number of H-pyrrole nitrogens is 1. The highest BCUT2D eigenvalue weighted by atomic mass is 16.5. The Morgan fingerprint density at radius 1 is 0.810 bits per heavy atom. The monoisotopic (exact) mass is 279 g/mol. The molecule has 106 valence electrons. The molecule has 1 heterocycles. The van der Waals surface area contributed by atoms with Crippen molar-refractivity contribution in [1.82, 2.24) is 4.98 Å². The first-order valence-corrected chi connectivity index (χ1v) is 6.77. The van der Waals surface area contributed by atoms with Crippen molar-refractivity contribution >= 4 is 23.1 Å². The molecule has 3 nitrogen and oxygen atoms in total. The molecule has 0 bridgehead atoms. The summed E-state index contributed by atoms with van der Waals surface area (Å²) >= 11 is 0. The summed E-state index contributed by atoms with van der Waals surface area (Å²) in [4.78, 5) is 3.37. The summed E-state index contributed by atoms with van der Waals surface area (Å²) in [6.45, 7) is 0. The van der Waals surface area contributed by atoms with E-state index in [-0.39, 0.29) is 0 Å². The number of nitrogens with one attached hydrogen (secondary N) is 1. The molecule has 3 heteroatoms. The second-order valence-corrected chi connectivity index (χ2v) is 4.78. The maximum Gasteiger partial charge on any atom is 0.120 e. The normalized spacial score (nSPS) is 11.1. The van der Waals surface area contributed by atoms with Crippen molar-refractivity contribution < 1.29 is 9.47 Å². The smallest absolute Gasteiger partial charge is 0.120 e. The molecule has 0 amide bonds. The molecule has 0 aliphatic heterocycles. The van der Waals surface area contributed by atoms with Crippen LogP contribution in [0.2, 0.25) is 0 Å². The predicted molar refractivity (Wildman–Crippen MR) is 86.8 cm³/mol. The topological polar surface area (TPSA) is 34.2 Å². The summed E-state index contributed by atoms with van der Waals surface area (Å²) in [5, 5.41) is 1.17. The van der Waals surface area contributed by atoms with Crippen LogP contribution in [0.4, 0.5) is 0 Å². The first kappa shape index (κ1) is 13.3. The summed E-state index contributed by atoms with van der Waals surface area (Å²) in [5.74, 6) is 1.72. The van der Waals surface area contributed by atoms with Gasteiger partial charge in [0.25, 0.3) is 0 Å². The Balaban J connectivity index is 1.84. The van der Waals surface area contributed by atoms with Gasteiger partial charge in [-0.25, -0.2) is 0 Å². The van der Waals surface area contributed by atoms with Gasteiger partial charge >= 0.3 is 0 Å². The van der Waals surface area contributed by atoms with E-state index in [1.54, 1.807) is 14.2 Å². The van der Waals surface area contributed by atoms with E-state index in [2.05, 4.69) is 29.3 Å². The predicted octanol–water partition coefficient (Wildman–Crippen LogP) is 4.36. The van der Waals surface area contributed by atoms with E-state index in [1.807, 2.05) is 36.4 Å². The van der Waals surface area contributed by atoms with Gasteiger partial charge in [-0.1, -0.05) is 18.2 Å². The number of rotatable bonds is 4. The Kier molecular flexibility index (Phi) is 3.65. The maximum atomic E-state index is 5.23. The van der Waals surface area contributed by atoms with Crippen LogP contribution in [0, 0.1) is 0 Å². The molecule has 0 aliphatic rings. The van der Waals surface area contributed by atoms with Crippen molar-refractivity contribution in [2.45, 2.75) is 0 Å². The highest BCUT2D eigenvalue weighted by molar-refractivity contribution is 5.85. The van der Waals surface area contributed by atoms with Gasteiger partial charge in [-0.2, -0.15) is 0 Å². The van der Waals surface area contributed by atoms with Crippen LogP contribution in [-0.4, -0.2) is 19.2 Å². The van der Waals surface area contributed by atoms with E-state index in [9.17, 15) is 0 Å². The summed E-state index contributed by atoms with van der Waals surface area (Å²) in [6.07, 6.45) is 4.13. The lowest BCUT2D eigenvalue weighted by Gasteiger charge is -1.98. The van der Waals surface area contributed by atoms with Gasteiger partial charge in [-0.05, 0) is 42.0 Å². The van der Waals surface area contributed by atoms with Crippen molar-refractivity contribution in [3.63, 3.8) is 0 Å². The average molecular weight is 279 g/mol. The number of hydrogen-bond acceptors (Lipinski definition) is 2. The lowest BCUT2D eigenvalue weighted by molar-refractivity contribution is 0.415. The number of ether oxygens (including phenoxy) is 2. The zero-order valence-electron chi connectivity index (χ0n) is 12.1. The van der Waals surface area contributed by atoms with Gasteiger partial charge in [-0.15, -0.1) is 0 Å². The van der Waals surface area contributed by atoms with Gasteiger partial charge in [0.05, 0.1) is 14.2 Å². The van der Waals surface area contributed by atoms with Crippen molar-refractivity contribution in [3.05, 3.63) is 59.8 Å². The highest BCUT2D eigenvalue weighted by Gasteiger charge is 2.00. The highest BCUT2D eigenvalue weighted by Crippen LogP contribution is 2.22. The van der Waals surface area contributed by atoms with Gasteiger partial charge in [0.2, 0.25) is 0 Å². The quantitative estimate of drug-likeness (QED) is 0.770. The molecule has 1 aromatic heterocycles. The summed E-state index contributed by atoms with van der Waals surface area (Å²) in [5.41, 5.74) is 3.27. The molecule has 2 aromatic carbocycles. The summed E-state index contributed by atoms with van der Waals surface area (Å²) in [6, 6.07) is 16.1. The van der Waals surface area contributed by atoms with E-state index in [4.69, 9.17) is 9.47 Å². The molecule has 0 aliphatic carbocycles. The fourth-order valence-corrected chi connectivity index (χ4v) is 2.25. The second-order valence-electron chi connectivity index (χ2n) is 4.78. The lowest BCUT2D eigenvalue weighted by atomic mass is 10.2. The molecule has 0 unspecified atom stereocenters. The van der Waals surface area contributed by atoms with Crippen LogP contribution < -0.4 is 9.47 Å². The van der Waals surface area contributed by atoms with Crippen molar-refractivity contribution in [2.24, 2.45) is 0 Å². The molecule has 3 rings (SSSR count). The lowest BCUT2D eigenvalue weighted by Crippen LogP contribution is -1.81. The first-order valence-electron chi connectivity index (χ1n) is 6.77. The van der Waals surface area contributed by atoms with E-state index >= 15 is 0 Å². The molecule has 0 atom stereocenters. The Morgan fingerprint density at radius 2 is 1.52 bits per heavy atom. The Morgan fingerprint density at radius 3 is 2.24 bits per heavy atom. The summed E-state index contributed by atoms with van der Waals surface area (Å²) in [7, 11) is 3.35. The Hall–Kier alpha value is -2.68. The number of fused-ring (bicyclic) bond motifs is 1. The van der Waals surface area contributed by atoms with Crippen LogP contribution in [0.25, 0.3) is 23.1 Å². The van der Waals surface area contributed by atoms with Gasteiger partial charge in [0.15, 0.2) is 0 Å². The minimum atomic E-state index is 0.857. The Bertz CT molecular complexity index is 770. The second kappa shape index (κ2) is 5.75. The fourth-order valence-electron chi connectivity index (χ4n) is 2.25. The van der Waals surface area contributed by atoms with Gasteiger partial charge in [-0.3, -0.25) is 0 Å². The van der Waals surface area contributed by atoms with Crippen LogP contribution >= 0.6 is 0 Å². The number of hydrogen-bond donors (Lipinski definition) is 1. The van der Waals surface area contributed by atoms with Crippen LogP contribution in [-0.2, 0) is 0 Å². The first-order chi connectivity index (χ1) is 10.3. The third-order valence-corrected chi connectivity index (χ3v) is 3.42. The zero-order valence-corrected chi connectivity index (χ0v) is 12.1. The van der Waals surface area contributed by atoms with Gasteiger partial charge in [0, 0.05) is 22.7 Å². The maximum absolute atomic E-state index is 5.23. The number of methoxy groups -OCH3 is 2. The van der Waals surface area contributed by atoms with Crippen LogP contribution in [0.1, 0.15) is 11.3 Å². The Labute approximate surface area is 123 Å². The van der Waals surface area contributed by atoms with E-state index < -0.39 is 0 Å². The standard InChI is InChI=1S/C18H17NO2/c1-20-16-8-4-13(5-9-16)3-7-15-11-14-6-10-17(21-2)12-18(14)19-15/h3-12,19H,1-2H3. The van der Waals surface area contributed by atoms with Crippen LogP contribution in [0.3, 0.4) is 0 Å². The largest absolute Gasteiger partial charge is 0.497 e. The SMILES string of the molecule is COc1ccc(C=Cc2cc3ccc(OC)cc3[nH]2)cc1. The van der Waals surface area contributed by atoms with Crippen molar-refractivity contribution in [1.29, 1.82) is 0 Å². The van der Waals surface area contributed by atoms with Crippen LogP contribution in [0.5, 0.6) is 11.5 Å². The molecule has 0 spiro atoms. The third-order valence-electron chi connectivity index (χ3n) is 3.42. The number of aromatic nitrogens is 1. The molecule has 1 N–H and O–H groups in total. The fraction of sp³-hybridized carbons (Fsp3) is 0.111. The molecule has 21 heavy (non-hydrogen) atoms. The molecule has 0 saturated carbocycles. The molecular formula is C18H17NO2. The number of aromatic amines is 1. The van der Waals surface area contributed by atoms with E-state index in [0.717, 1.165) is 28.3 Å². The zero-order chi connectivity index (χ0) is 14.7. The third kappa shape index (κ3) is 2.92. The minimum Gasteiger partial charge on any atom is -0.497 e. The number of benzene rings is 2. The van der Waals surface area contributed by atoms with Gasteiger partial charge in [0.1, 0.15) is 11.5 Å². The molecular weight excluding hydrogens is 262 g/mol. The summed E-state index contributed by atoms with van der Waals surface area (Å²) < 4.78 is 10.4.